The molecule has 202 valence electrons. The summed E-state index contributed by atoms with van der Waals surface area (Å²) in [6, 6.07) is 0.365. The van der Waals surface area contributed by atoms with Crippen molar-refractivity contribution in [3.63, 3.8) is 0 Å². The lowest BCUT2D eigenvalue weighted by Crippen LogP contribution is -2.41. The molecule has 36 heavy (non-hydrogen) atoms. The first-order chi connectivity index (χ1) is 16.0. The van der Waals surface area contributed by atoms with Gasteiger partial charge in [-0.2, -0.15) is 13.2 Å². The van der Waals surface area contributed by atoms with Crippen molar-refractivity contribution in [1.82, 2.24) is 9.29 Å². The summed E-state index contributed by atoms with van der Waals surface area (Å²) in [6.45, 7) is 18.4. The van der Waals surface area contributed by atoms with Crippen molar-refractivity contribution in [2.45, 2.75) is 104 Å². The lowest BCUT2D eigenvalue weighted by Gasteiger charge is -2.32. The fourth-order valence-corrected chi connectivity index (χ4v) is 4.80. The van der Waals surface area contributed by atoms with Crippen LogP contribution in [0, 0.1) is 11.2 Å². The van der Waals surface area contributed by atoms with Crippen LogP contribution in [0.4, 0.5) is 17.6 Å². The molecule has 3 rings (SSSR count). The third-order valence-corrected chi connectivity index (χ3v) is 8.16. The summed E-state index contributed by atoms with van der Waals surface area (Å²) in [4.78, 5) is 0. The van der Waals surface area contributed by atoms with E-state index in [9.17, 15) is 17.4 Å². The summed E-state index contributed by atoms with van der Waals surface area (Å²) in [7, 11) is -3.02. The molecule has 1 aliphatic rings. The first kappa shape index (κ1) is 29.1. The number of benzene rings is 1. The average Bonchev–Trinajstić information content (AvgIpc) is 3.08. The molecule has 2 heterocycles. The Morgan fingerprint density at radius 3 is 2.00 bits per heavy atom. The Morgan fingerprint density at radius 2 is 1.56 bits per heavy atom. The van der Waals surface area contributed by atoms with E-state index >= 15 is 4.39 Å². The monoisotopic (exact) mass is 532 g/mol. The summed E-state index contributed by atoms with van der Waals surface area (Å²) >= 11 is 0. The van der Waals surface area contributed by atoms with Gasteiger partial charge in [0.25, 0.3) is 0 Å². The molecule has 0 radical (unpaired) electrons. The highest BCUT2D eigenvalue weighted by Crippen LogP contribution is 2.40. The van der Waals surface area contributed by atoms with Gasteiger partial charge in [0, 0.05) is 34.7 Å². The lowest BCUT2D eigenvalue weighted by atomic mass is 9.78. The van der Waals surface area contributed by atoms with Crippen LogP contribution in [0.25, 0.3) is 10.9 Å². The zero-order chi connectivity index (χ0) is 27.6. The summed E-state index contributed by atoms with van der Waals surface area (Å²) in [5, 5.41) is 0.0951. The molecular formula is C25H37BF4N2O3S. The summed E-state index contributed by atoms with van der Waals surface area (Å²) in [5.41, 5.74) is -1.34. The predicted molar refractivity (Wildman–Crippen MR) is 137 cm³/mol. The number of hydrogen-bond donors (Lipinski definition) is 1. The molecule has 11 heteroatoms. The number of hydrogen-bond acceptors (Lipinski definition) is 3. The Morgan fingerprint density at radius 1 is 1.03 bits per heavy atom. The smallest absolute Gasteiger partial charge is 0.399 e. The van der Waals surface area contributed by atoms with Gasteiger partial charge in [-0.15, -0.1) is 0 Å². The Hall–Kier alpha value is -1.43. The molecule has 2 aromatic rings. The maximum absolute atomic E-state index is 15.5. The predicted octanol–water partition coefficient (Wildman–Crippen LogP) is 5.78. The van der Waals surface area contributed by atoms with Gasteiger partial charge in [0.2, 0.25) is 0 Å². The van der Waals surface area contributed by atoms with Crippen LogP contribution in [0.3, 0.4) is 0 Å². The van der Waals surface area contributed by atoms with Crippen LogP contribution in [0.15, 0.2) is 18.3 Å². The van der Waals surface area contributed by atoms with Crippen LogP contribution < -0.4 is 10.2 Å². The maximum atomic E-state index is 15.5. The molecular weight excluding hydrogens is 495 g/mol. The van der Waals surface area contributed by atoms with Gasteiger partial charge in [-0.05, 0) is 66.0 Å². The fraction of sp³-hybridized carbons (Fsp3) is 0.680. The second-order valence-electron chi connectivity index (χ2n) is 12.7. The van der Waals surface area contributed by atoms with Crippen LogP contribution in [0.5, 0.6) is 0 Å². The first-order valence-electron chi connectivity index (χ1n) is 12.0. The van der Waals surface area contributed by atoms with Gasteiger partial charge < -0.3 is 13.9 Å². The van der Waals surface area contributed by atoms with E-state index in [2.05, 4.69) is 4.72 Å². The highest BCUT2D eigenvalue weighted by molar-refractivity contribution is 7.84. The number of fused-ring (bicyclic) bond motifs is 1. The van der Waals surface area contributed by atoms with Crippen molar-refractivity contribution in [3.8, 4) is 0 Å². The standard InChI is InChI=1S/C25H37BF4N2O3S/c1-21(2,3)14-32-13-16(20(25(28,29)30)31-36(33)22(4,5)6)15-11-18(27)17(12-19(15)32)26-34-23(7,8)24(9,10)35-26/h11-13,20,31H,14H2,1-10H3/t20-,36-/m0/s1. The van der Waals surface area contributed by atoms with Gasteiger partial charge >= 0.3 is 13.3 Å². The second-order valence-corrected chi connectivity index (χ2v) is 14.7. The molecule has 0 aliphatic carbocycles. The quantitative estimate of drug-likeness (QED) is 0.393. The fourth-order valence-electron chi connectivity index (χ4n) is 3.97. The number of aromatic nitrogens is 1. The van der Waals surface area contributed by atoms with Crippen LogP contribution in [-0.2, 0) is 26.8 Å². The van der Waals surface area contributed by atoms with E-state index in [1.54, 1.807) is 25.3 Å². The Labute approximate surface area is 214 Å². The third-order valence-electron chi connectivity index (χ3n) is 6.60. The molecule has 1 aromatic carbocycles. The number of rotatable bonds is 5. The highest BCUT2D eigenvalue weighted by atomic mass is 32.2. The van der Waals surface area contributed by atoms with Crippen molar-refractivity contribution in [2.24, 2.45) is 5.41 Å². The van der Waals surface area contributed by atoms with E-state index in [0.29, 0.717) is 12.1 Å². The molecule has 1 aromatic heterocycles. The van der Waals surface area contributed by atoms with Crippen molar-refractivity contribution in [1.29, 1.82) is 0 Å². The Bertz CT molecular complexity index is 1150. The summed E-state index contributed by atoms with van der Waals surface area (Å²) < 4.78 is 86.1. The van der Waals surface area contributed by atoms with Crippen LogP contribution in [0.1, 0.15) is 80.8 Å². The van der Waals surface area contributed by atoms with E-state index in [1.165, 1.54) is 12.3 Å². The van der Waals surface area contributed by atoms with Gasteiger partial charge in [0.1, 0.15) is 11.9 Å². The van der Waals surface area contributed by atoms with Crippen LogP contribution in [0.2, 0.25) is 0 Å². The third kappa shape index (κ3) is 5.84. The Kier molecular flexibility index (Phi) is 7.36. The average molecular weight is 532 g/mol. The SMILES string of the molecule is CC(C)(C)Cn1cc([C@H](N[S@@](=O)C(C)(C)C)C(F)(F)F)c2cc(F)c(B3OC(C)(C)C(C)(C)O3)cc21. The zero-order valence-electron chi connectivity index (χ0n) is 22.7. The minimum absolute atomic E-state index is 0.0951. The van der Waals surface area contributed by atoms with Crippen LogP contribution in [-0.4, -0.2) is 38.0 Å². The number of nitrogens with zero attached hydrogens (tertiary/aromatic N) is 1. The van der Waals surface area contributed by atoms with E-state index in [1.807, 2.05) is 48.5 Å². The van der Waals surface area contributed by atoms with E-state index < -0.39 is 52.1 Å². The number of halogens is 4. The number of alkyl halides is 3. The van der Waals surface area contributed by atoms with Gasteiger partial charge in [-0.3, -0.25) is 0 Å². The molecule has 0 amide bonds. The molecule has 0 unspecified atom stereocenters. The van der Waals surface area contributed by atoms with Gasteiger partial charge in [0.05, 0.1) is 26.9 Å². The van der Waals surface area contributed by atoms with Gasteiger partial charge in [-0.25, -0.2) is 13.3 Å². The minimum atomic E-state index is -4.76. The zero-order valence-corrected chi connectivity index (χ0v) is 23.5. The summed E-state index contributed by atoms with van der Waals surface area (Å²) in [6.07, 6.45) is -3.38. The van der Waals surface area contributed by atoms with Gasteiger partial charge in [0.15, 0.2) is 0 Å². The molecule has 2 atom stereocenters. The minimum Gasteiger partial charge on any atom is -0.399 e. The molecule has 5 nitrogen and oxygen atoms in total. The molecule has 0 saturated carbocycles. The van der Waals surface area contributed by atoms with E-state index in [0.717, 1.165) is 6.07 Å². The normalized spacial score (nSPS) is 20.2. The molecule has 1 aliphatic heterocycles. The first-order valence-corrected chi connectivity index (χ1v) is 13.1. The summed E-state index contributed by atoms with van der Waals surface area (Å²) in [5.74, 6) is -0.728. The van der Waals surface area contributed by atoms with Crippen molar-refractivity contribution in [2.75, 3.05) is 0 Å². The molecule has 0 bridgehead atoms. The molecule has 1 saturated heterocycles. The molecule has 1 fully saturated rings. The van der Waals surface area contributed by atoms with Crippen LogP contribution >= 0.6 is 0 Å². The largest absolute Gasteiger partial charge is 0.497 e. The van der Waals surface area contributed by atoms with E-state index in [-0.39, 0.29) is 21.8 Å². The number of nitrogens with one attached hydrogen (secondary N) is 1. The van der Waals surface area contributed by atoms with Gasteiger partial charge in [-0.1, -0.05) is 20.8 Å². The second kappa shape index (κ2) is 9.10. The molecule has 1 N–H and O–H groups in total. The van der Waals surface area contributed by atoms with E-state index in [4.69, 9.17) is 9.31 Å². The van der Waals surface area contributed by atoms with Crippen molar-refractivity contribution >= 4 is 34.5 Å². The Balaban J connectivity index is 2.22. The van der Waals surface area contributed by atoms with Crippen molar-refractivity contribution < 1.29 is 31.1 Å². The van der Waals surface area contributed by atoms with Crippen molar-refractivity contribution in [3.05, 3.63) is 29.7 Å². The lowest BCUT2D eigenvalue weighted by molar-refractivity contribution is -0.152. The topological polar surface area (TPSA) is 52.5 Å². The highest BCUT2D eigenvalue weighted by Gasteiger charge is 2.53. The maximum Gasteiger partial charge on any atom is 0.497 e. The molecule has 0 spiro atoms.